The van der Waals surface area contributed by atoms with Gasteiger partial charge >= 0.3 is 0 Å². The number of rotatable bonds is 4. The predicted octanol–water partition coefficient (Wildman–Crippen LogP) is 3.50. The fraction of sp³-hybridized carbons (Fsp3) is 0.143. The molecule has 0 fully saturated rings. The molecule has 1 aromatic heterocycles. The van der Waals surface area contributed by atoms with Crippen LogP contribution in [-0.4, -0.2) is 17.5 Å². The summed E-state index contributed by atoms with van der Waals surface area (Å²) in [6, 6.07) is 12.3. The van der Waals surface area contributed by atoms with E-state index < -0.39 is 0 Å². The lowest BCUT2D eigenvalue weighted by Crippen LogP contribution is -2.12. The highest BCUT2D eigenvalue weighted by Crippen LogP contribution is 2.14. The van der Waals surface area contributed by atoms with Crippen LogP contribution in [0.5, 0.6) is 5.75 Å². The van der Waals surface area contributed by atoms with Crippen molar-refractivity contribution in [3.05, 3.63) is 52.6 Å². The Balaban J connectivity index is 2.07. The molecule has 4 nitrogen and oxygen atoms in total. The molecule has 98 valence electrons. The number of ether oxygens (including phenoxy) is 1. The third-order valence-electron chi connectivity index (χ3n) is 2.38. The first-order valence-electron chi connectivity index (χ1n) is 5.86. The third kappa shape index (κ3) is 3.79. The second-order valence-corrected chi connectivity index (χ2v) is 4.57. The summed E-state index contributed by atoms with van der Waals surface area (Å²) in [5.41, 5.74) is 0.560. The lowest BCUT2D eigenvalue weighted by Gasteiger charge is -2.06. The second-order valence-electron chi connectivity index (χ2n) is 3.76. The molecule has 0 bridgehead atoms. The van der Waals surface area contributed by atoms with Crippen LogP contribution in [0.15, 0.2) is 47.1 Å². The molecule has 0 aliphatic carbocycles. The Labute approximate surface area is 119 Å². The largest absolute Gasteiger partial charge is 0.494 e. The number of hydrogen-bond acceptors (Lipinski definition) is 3. The van der Waals surface area contributed by atoms with Gasteiger partial charge in [-0.2, -0.15) is 0 Å². The zero-order chi connectivity index (χ0) is 13.7. The fourth-order valence-corrected chi connectivity index (χ4v) is 1.88. The summed E-state index contributed by atoms with van der Waals surface area (Å²) in [4.78, 5) is 16.1. The third-order valence-corrected chi connectivity index (χ3v) is 2.83. The SMILES string of the molecule is CCOc1ccc(C(=O)Nc2cccc(Br)n2)cc1. The Morgan fingerprint density at radius 2 is 2.00 bits per heavy atom. The van der Waals surface area contributed by atoms with Crippen molar-refractivity contribution < 1.29 is 9.53 Å². The van der Waals surface area contributed by atoms with Gasteiger partial charge in [0.1, 0.15) is 16.2 Å². The van der Waals surface area contributed by atoms with Gasteiger partial charge in [0.2, 0.25) is 0 Å². The van der Waals surface area contributed by atoms with Crippen LogP contribution in [0.3, 0.4) is 0 Å². The molecular weight excluding hydrogens is 308 g/mol. The van der Waals surface area contributed by atoms with E-state index in [4.69, 9.17) is 4.74 Å². The highest BCUT2D eigenvalue weighted by molar-refractivity contribution is 9.10. The van der Waals surface area contributed by atoms with E-state index in [1.54, 1.807) is 36.4 Å². The molecule has 1 aromatic carbocycles. The molecule has 1 amide bonds. The standard InChI is InChI=1S/C14H13BrN2O2/c1-2-19-11-8-6-10(7-9-11)14(18)17-13-5-3-4-12(15)16-13/h3-9H,2H2,1H3,(H,16,17,18). The molecule has 2 aromatic rings. The minimum atomic E-state index is -0.200. The lowest BCUT2D eigenvalue weighted by atomic mass is 10.2. The van der Waals surface area contributed by atoms with Crippen molar-refractivity contribution in [1.82, 2.24) is 4.98 Å². The summed E-state index contributed by atoms with van der Waals surface area (Å²) in [5.74, 6) is 1.06. The zero-order valence-electron chi connectivity index (χ0n) is 10.4. The van der Waals surface area contributed by atoms with Crippen molar-refractivity contribution in [2.45, 2.75) is 6.92 Å². The summed E-state index contributed by atoms with van der Waals surface area (Å²) in [7, 11) is 0. The van der Waals surface area contributed by atoms with E-state index in [1.807, 2.05) is 13.0 Å². The smallest absolute Gasteiger partial charge is 0.256 e. The molecule has 0 spiro atoms. The highest BCUT2D eigenvalue weighted by Gasteiger charge is 2.07. The molecular formula is C14H13BrN2O2. The number of pyridine rings is 1. The minimum Gasteiger partial charge on any atom is -0.494 e. The van der Waals surface area contributed by atoms with Gasteiger partial charge in [0, 0.05) is 5.56 Å². The van der Waals surface area contributed by atoms with Gasteiger partial charge in [-0.15, -0.1) is 0 Å². The van der Waals surface area contributed by atoms with Crippen molar-refractivity contribution >= 4 is 27.7 Å². The summed E-state index contributed by atoms with van der Waals surface area (Å²) in [6.07, 6.45) is 0. The molecule has 0 atom stereocenters. The molecule has 1 N–H and O–H groups in total. The number of carbonyl (C=O) groups excluding carboxylic acids is 1. The van der Waals surface area contributed by atoms with Crippen LogP contribution in [0.25, 0.3) is 0 Å². The van der Waals surface area contributed by atoms with E-state index in [2.05, 4.69) is 26.2 Å². The van der Waals surface area contributed by atoms with Crippen molar-refractivity contribution in [2.75, 3.05) is 11.9 Å². The van der Waals surface area contributed by atoms with Crippen LogP contribution < -0.4 is 10.1 Å². The van der Waals surface area contributed by atoms with E-state index in [-0.39, 0.29) is 5.91 Å². The first-order valence-corrected chi connectivity index (χ1v) is 6.65. The van der Waals surface area contributed by atoms with E-state index in [9.17, 15) is 4.79 Å². The topological polar surface area (TPSA) is 51.2 Å². The maximum atomic E-state index is 12.0. The Morgan fingerprint density at radius 1 is 1.26 bits per heavy atom. The van der Waals surface area contributed by atoms with E-state index in [1.165, 1.54) is 0 Å². The second kappa shape index (κ2) is 6.33. The Hall–Kier alpha value is -1.88. The van der Waals surface area contributed by atoms with Gasteiger partial charge in [0.25, 0.3) is 5.91 Å². The number of carbonyl (C=O) groups is 1. The van der Waals surface area contributed by atoms with Crippen LogP contribution in [0.4, 0.5) is 5.82 Å². The minimum absolute atomic E-state index is 0.200. The number of nitrogens with one attached hydrogen (secondary N) is 1. The first kappa shape index (κ1) is 13.5. The lowest BCUT2D eigenvalue weighted by molar-refractivity contribution is 0.102. The van der Waals surface area contributed by atoms with E-state index >= 15 is 0 Å². The molecule has 0 saturated carbocycles. The average Bonchev–Trinajstić information content (AvgIpc) is 2.40. The fourth-order valence-electron chi connectivity index (χ4n) is 1.54. The number of anilines is 1. The van der Waals surface area contributed by atoms with Crippen molar-refractivity contribution in [3.8, 4) is 5.75 Å². The quantitative estimate of drug-likeness (QED) is 0.877. The van der Waals surface area contributed by atoms with Crippen LogP contribution >= 0.6 is 15.9 Å². The Morgan fingerprint density at radius 3 is 2.63 bits per heavy atom. The van der Waals surface area contributed by atoms with Crippen LogP contribution in [-0.2, 0) is 0 Å². The van der Waals surface area contributed by atoms with Gasteiger partial charge in [-0.1, -0.05) is 6.07 Å². The molecule has 0 aliphatic rings. The normalized spacial score (nSPS) is 10.0. The van der Waals surface area contributed by atoms with Crippen LogP contribution in [0, 0.1) is 0 Å². The van der Waals surface area contributed by atoms with Crippen molar-refractivity contribution in [3.63, 3.8) is 0 Å². The molecule has 2 rings (SSSR count). The number of halogens is 1. The Kier molecular flexibility index (Phi) is 4.52. The van der Waals surface area contributed by atoms with Gasteiger partial charge in [0.15, 0.2) is 0 Å². The number of nitrogens with zero attached hydrogens (tertiary/aromatic N) is 1. The van der Waals surface area contributed by atoms with Crippen LogP contribution in [0.2, 0.25) is 0 Å². The maximum Gasteiger partial charge on any atom is 0.256 e. The van der Waals surface area contributed by atoms with Crippen LogP contribution in [0.1, 0.15) is 17.3 Å². The number of aromatic nitrogens is 1. The number of hydrogen-bond donors (Lipinski definition) is 1. The van der Waals surface area contributed by atoms with Crippen molar-refractivity contribution in [2.24, 2.45) is 0 Å². The van der Waals surface area contributed by atoms with Crippen molar-refractivity contribution in [1.29, 1.82) is 0 Å². The van der Waals surface area contributed by atoms with Gasteiger partial charge in [0.05, 0.1) is 6.61 Å². The summed E-state index contributed by atoms with van der Waals surface area (Å²) < 4.78 is 6.00. The summed E-state index contributed by atoms with van der Waals surface area (Å²) in [6.45, 7) is 2.52. The average molecular weight is 321 g/mol. The molecule has 5 heteroatoms. The number of benzene rings is 1. The van der Waals surface area contributed by atoms with E-state index in [0.717, 1.165) is 5.75 Å². The van der Waals surface area contributed by atoms with E-state index in [0.29, 0.717) is 22.6 Å². The van der Waals surface area contributed by atoms with Gasteiger partial charge in [-0.25, -0.2) is 4.98 Å². The summed E-state index contributed by atoms with van der Waals surface area (Å²) in [5, 5.41) is 2.73. The summed E-state index contributed by atoms with van der Waals surface area (Å²) >= 11 is 3.26. The molecule has 19 heavy (non-hydrogen) atoms. The zero-order valence-corrected chi connectivity index (χ0v) is 12.0. The predicted molar refractivity (Wildman–Crippen MR) is 77.5 cm³/mol. The van der Waals surface area contributed by atoms with Gasteiger partial charge < -0.3 is 10.1 Å². The molecule has 0 radical (unpaired) electrons. The maximum absolute atomic E-state index is 12.0. The number of amides is 1. The monoisotopic (exact) mass is 320 g/mol. The highest BCUT2D eigenvalue weighted by atomic mass is 79.9. The Bertz CT molecular complexity index is 570. The molecule has 1 heterocycles. The molecule has 0 saturated heterocycles. The first-order chi connectivity index (χ1) is 9.19. The van der Waals surface area contributed by atoms with Gasteiger partial charge in [-0.05, 0) is 59.3 Å². The molecule has 0 aliphatic heterocycles. The van der Waals surface area contributed by atoms with Gasteiger partial charge in [-0.3, -0.25) is 4.79 Å². The molecule has 0 unspecified atom stereocenters.